The molecule has 0 aliphatic heterocycles. The Morgan fingerprint density at radius 2 is 1.00 bits per heavy atom. The molecule has 0 aliphatic rings. The van der Waals surface area contributed by atoms with Crippen molar-refractivity contribution < 1.29 is 13.0 Å². The molecule has 0 saturated carbocycles. The van der Waals surface area contributed by atoms with Gasteiger partial charge in [-0.05, 0) is 13.3 Å². The van der Waals surface area contributed by atoms with Gasteiger partial charge in [-0.25, -0.2) is 0 Å². The van der Waals surface area contributed by atoms with Gasteiger partial charge in [0.05, 0.1) is 0 Å². The monoisotopic (exact) mass is 415 g/mol. The Hall–Kier alpha value is 0.870. The fourth-order valence-corrected chi connectivity index (χ4v) is 4.00. The van der Waals surface area contributed by atoms with Gasteiger partial charge < -0.3 is 5.73 Å². The first-order valence-corrected chi connectivity index (χ1v) is 12.5. The van der Waals surface area contributed by atoms with Gasteiger partial charge in [-0.15, -0.1) is 0 Å². The number of hydrogen-bond acceptors (Lipinski definition) is 3. The van der Waals surface area contributed by atoms with Gasteiger partial charge in [0.25, 0.3) is 10.1 Å². The fraction of sp³-hybridized carbons (Fsp3) is 1.00. The van der Waals surface area contributed by atoms with E-state index in [9.17, 15) is 13.0 Å². The Labute approximate surface area is 191 Å². The molecule has 0 aromatic rings. The van der Waals surface area contributed by atoms with Gasteiger partial charge in [0.2, 0.25) is 0 Å². The predicted octanol–water partition coefficient (Wildman–Crippen LogP) is 5.59. The first kappa shape index (κ1) is 30.1. The van der Waals surface area contributed by atoms with Crippen molar-refractivity contribution in [2.75, 3.05) is 6.54 Å². The summed E-state index contributed by atoms with van der Waals surface area (Å²) in [5.41, 5.74) is 5.52. The summed E-state index contributed by atoms with van der Waals surface area (Å²) in [6.45, 7) is 3.78. The van der Waals surface area contributed by atoms with Crippen molar-refractivity contribution in [3.63, 3.8) is 0 Å². The van der Waals surface area contributed by atoms with Crippen LogP contribution in [0.3, 0.4) is 0 Å². The molecule has 6 heteroatoms. The molecule has 0 saturated heterocycles. The normalized spacial score (nSPS) is 13.9. The molecule has 0 rings (SSSR count). The van der Waals surface area contributed by atoms with Crippen LogP contribution >= 0.6 is 0 Å². The summed E-state index contributed by atoms with van der Waals surface area (Å²) in [5, 5.41) is 0. The summed E-state index contributed by atoms with van der Waals surface area (Å²) in [4.78, 5) is 0. The molecule has 0 spiro atoms. The minimum atomic E-state index is -4.06. The summed E-state index contributed by atoms with van der Waals surface area (Å²) in [7, 11) is -4.06. The summed E-state index contributed by atoms with van der Waals surface area (Å²) < 4.78 is 30.8. The molecule has 0 fully saturated rings. The van der Waals surface area contributed by atoms with E-state index < -0.39 is 14.9 Å². The van der Waals surface area contributed by atoms with Gasteiger partial charge in [0.1, 0.15) is 4.75 Å². The Balaban J connectivity index is 0. The molecule has 1 unspecified atom stereocenters. The molecule has 160 valence electrons. The molecule has 27 heavy (non-hydrogen) atoms. The standard InChI is InChI=1S/C21H45NO3S.Na.H/c1-3-4-5-6-7-8-9-10-11-12-13-14-15-16-17-18-19-21(2,20-22)26(23,24)25;;/h3-20,22H2,1-2H3,(H,23,24,25);;. The van der Waals surface area contributed by atoms with E-state index in [0.29, 0.717) is 6.42 Å². The maximum atomic E-state index is 11.4. The average molecular weight is 416 g/mol. The van der Waals surface area contributed by atoms with Crippen LogP contribution in [0.1, 0.15) is 123 Å². The molecule has 0 aliphatic carbocycles. The van der Waals surface area contributed by atoms with E-state index in [2.05, 4.69) is 6.92 Å². The number of rotatable bonds is 19. The second-order valence-corrected chi connectivity index (χ2v) is 10.1. The van der Waals surface area contributed by atoms with Crippen molar-refractivity contribution in [3.05, 3.63) is 0 Å². The zero-order valence-electron chi connectivity index (χ0n) is 17.5. The van der Waals surface area contributed by atoms with Gasteiger partial charge in [-0.1, -0.05) is 110 Å². The molecule has 0 aromatic heterocycles. The molecule has 0 amide bonds. The topological polar surface area (TPSA) is 80.4 Å². The third-order valence-electron chi connectivity index (χ3n) is 5.61. The summed E-state index contributed by atoms with van der Waals surface area (Å²) in [6, 6.07) is 0. The summed E-state index contributed by atoms with van der Waals surface area (Å²) in [6.07, 6.45) is 21.1. The maximum absolute atomic E-state index is 11.4. The predicted molar refractivity (Wildman–Crippen MR) is 120 cm³/mol. The van der Waals surface area contributed by atoms with Crippen LogP contribution in [-0.4, -0.2) is 53.8 Å². The van der Waals surface area contributed by atoms with Crippen molar-refractivity contribution in [2.24, 2.45) is 5.73 Å². The Morgan fingerprint density at radius 1 is 0.704 bits per heavy atom. The van der Waals surface area contributed by atoms with E-state index in [1.165, 1.54) is 90.4 Å². The molecular weight excluding hydrogens is 369 g/mol. The van der Waals surface area contributed by atoms with Crippen LogP contribution in [0.2, 0.25) is 0 Å². The van der Waals surface area contributed by atoms with E-state index in [1.807, 2.05) is 0 Å². The van der Waals surface area contributed by atoms with Crippen molar-refractivity contribution in [3.8, 4) is 0 Å². The zero-order chi connectivity index (χ0) is 19.7. The Kier molecular flexibility index (Phi) is 21.0. The van der Waals surface area contributed by atoms with Crippen molar-refractivity contribution in [2.45, 2.75) is 128 Å². The summed E-state index contributed by atoms with van der Waals surface area (Å²) >= 11 is 0. The van der Waals surface area contributed by atoms with Gasteiger partial charge in [-0.3, -0.25) is 4.55 Å². The number of unbranched alkanes of at least 4 members (excludes halogenated alkanes) is 15. The minimum absolute atomic E-state index is 0. The van der Waals surface area contributed by atoms with Crippen LogP contribution in [0.25, 0.3) is 0 Å². The molecule has 0 bridgehead atoms. The van der Waals surface area contributed by atoms with Crippen LogP contribution in [0.15, 0.2) is 0 Å². The van der Waals surface area contributed by atoms with Crippen molar-refractivity contribution in [1.29, 1.82) is 0 Å². The SMILES string of the molecule is CCCCCCCCCCCCCCCCCCC(C)(CN)S(=O)(=O)O.[NaH]. The Morgan fingerprint density at radius 3 is 1.26 bits per heavy atom. The van der Waals surface area contributed by atoms with Crippen LogP contribution in [0, 0.1) is 0 Å². The fourth-order valence-electron chi connectivity index (χ4n) is 3.38. The molecular formula is C21H46NNaO3S. The first-order valence-electron chi connectivity index (χ1n) is 11.0. The first-order chi connectivity index (χ1) is 12.4. The second-order valence-electron chi connectivity index (χ2n) is 8.18. The quantitative estimate of drug-likeness (QED) is 0.164. The van der Waals surface area contributed by atoms with E-state index >= 15 is 0 Å². The van der Waals surface area contributed by atoms with Crippen molar-refractivity contribution in [1.82, 2.24) is 0 Å². The molecule has 0 radical (unpaired) electrons. The van der Waals surface area contributed by atoms with E-state index in [4.69, 9.17) is 5.73 Å². The van der Waals surface area contributed by atoms with Crippen LogP contribution in [0.4, 0.5) is 0 Å². The van der Waals surface area contributed by atoms with E-state index in [-0.39, 0.29) is 36.1 Å². The number of hydrogen-bond donors (Lipinski definition) is 2. The molecule has 4 nitrogen and oxygen atoms in total. The third kappa shape index (κ3) is 16.4. The van der Waals surface area contributed by atoms with Gasteiger partial charge >= 0.3 is 29.6 Å². The van der Waals surface area contributed by atoms with Gasteiger partial charge in [0.15, 0.2) is 0 Å². The third-order valence-corrected chi connectivity index (χ3v) is 7.23. The zero-order valence-corrected chi connectivity index (χ0v) is 18.3. The van der Waals surface area contributed by atoms with Crippen LogP contribution in [0.5, 0.6) is 0 Å². The van der Waals surface area contributed by atoms with Crippen LogP contribution < -0.4 is 5.73 Å². The summed E-state index contributed by atoms with van der Waals surface area (Å²) in [5.74, 6) is 0. The molecule has 0 heterocycles. The van der Waals surface area contributed by atoms with Crippen LogP contribution in [-0.2, 0) is 10.1 Å². The second kappa shape index (κ2) is 18.9. The number of nitrogens with two attached hydrogens (primary N) is 1. The van der Waals surface area contributed by atoms with Crippen molar-refractivity contribution >= 4 is 39.7 Å². The van der Waals surface area contributed by atoms with E-state index in [0.717, 1.165) is 19.3 Å². The average Bonchev–Trinajstić information content (AvgIpc) is 2.60. The van der Waals surface area contributed by atoms with Gasteiger partial charge in [-0.2, -0.15) is 8.42 Å². The molecule has 1 atom stereocenters. The molecule has 0 aromatic carbocycles. The Bertz CT molecular complexity index is 418. The van der Waals surface area contributed by atoms with Gasteiger partial charge in [0, 0.05) is 6.54 Å². The van der Waals surface area contributed by atoms with E-state index in [1.54, 1.807) is 0 Å². The molecule has 3 N–H and O–H groups in total.